The van der Waals surface area contributed by atoms with Crippen LogP contribution in [0.4, 0.5) is 13.2 Å². The van der Waals surface area contributed by atoms with E-state index in [0.717, 1.165) is 0 Å². The summed E-state index contributed by atoms with van der Waals surface area (Å²) < 4.78 is 57.9. The second kappa shape index (κ2) is 2.66. The first kappa shape index (κ1) is 8.83. The van der Waals surface area contributed by atoms with Gasteiger partial charge in [-0.2, -0.15) is 0 Å². The molecular weight excluding hydrogens is 181 g/mol. The van der Waals surface area contributed by atoms with Gasteiger partial charge in [0.15, 0.2) is 9.84 Å². The summed E-state index contributed by atoms with van der Waals surface area (Å²) in [6.45, 7) is -1.26. The van der Waals surface area contributed by atoms with Crippen LogP contribution in [-0.2, 0) is 9.84 Å². The molecule has 66 valence electrons. The summed E-state index contributed by atoms with van der Waals surface area (Å²) in [5.74, 6) is -2.50. The van der Waals surface area contributed by atoms with Gasteiger partial charge in [0.2, 0.25) is 5.50 Å². The van der Waals surface area contributed by atoms with E-state index in [-0.39, 0.29) is 0 Å². The van der Waals surface area contributed by atoms with Gasteiger partial charge in [-0.05, 0) is 0 Å². The molecule has 0 bridgehead atoms. The van der Waals surface area contributed by atoms with Crippen LogP contribution in [0.1, 0.15) is 0 Å². The zero-order valence-electron chi connectivity index (χ0n) is 5.50. The van der Waals surface area contributed by atoms with Crippen LogP contribution in [0.3, 0.4) is 0 Å². The molecule has 0 spiro atoms. The average Bonchev–Trinajstić information content (AvgIpc) is 2.04. The van der Waals surface area contributed by atoms with Gasteiger partial charge in [-0.3, -0.25) is 4.39 Å². The standard InChI is InChI=1S/C5H7F3O2S/c6-1-3-4(7)2-11(9,10)5(3)8/h3-5H,1-2H2. The predicted molar refractivity (Wildman–Crippen MR) is 33.0 cm³/mol. The number of rotatable bonds is 1. The maximum Gasteiger partial charge on any atom is 0.209 e. The monoisotopic (exact) mass is 188 g/mol. The van der Waals surface area contributed by atoms with Crippen LogP contribution in [0.2, 0.25) is 0 Å². The lowest BCUT2D eigenvalue weighted by molar-refractivity contribution is 0.173. The van der Waals surface area contributed by atoms with Gasteiger partial charge in [0, 0.05) is 0 Å². The Morgan fingerprint density at radius 1 is 1.36 bits per heavy atom. The molecule has 1 saturated heterocycles. The van der Waals surface area contributed by atoms with Crippen LogP contribution in [0.25, 0.3) is 0 Å². The Labute approximate surface area is 62.3 Å². The third kappa shape index (κ3) is 1.36. The molecule has 0 N–H and O–H groups in total. The molecule has 0 aromatic carbocycles. The molecule has 0 aromatic heterocycles. The summed E-state index contributed by atoms with van der Waals surface area (Å²) in [6, 6.07) is 0. The van der Waals surface area contributed by atoms with E-state index in [1.54, 1.807) is 0 Å². The first-order valence-electron chi connectivity index (χ1n) is 3.04. The summed E-state index contributed by atoms with van der Waals surface area (Å²) in [5, 5.41) is 0. The van der Waals surface area contributed by atoms with Crippen molar-refractivity contribution < 1.29 is 21.6 Å². The van der Waals surface area contributed by atoms with Crippen molar-refractivity contribution in [2.24, 2.45) is 5.92 Å². The smallest absolute Gasteiger partial charge is 0.209 e. The second-order valence-corrected chi connectivity index (χ2v) is 4.62. The summed E-state index contributed by atoms with van der Waals surface area (Å²) in [6.07, 6.45) is -1.89. The fourth-order valence-corrected chi connectivity index (χ4v) is 2.69. The summed E-state index contributed by atoms with van der Waals surface area (Å²) in [7, 11) is -4.02. The molecule has 1 aliphatic rings. The minimum absolute atomic E-state index is 0.886. The van der Waals surface area contributed by atoms with E-state index in [1.165, 1.54) is 0 Å². The third-order valence-electron chi connectivity index (χ3n) is 1.71. The van der Waals surface area contributed by atoms with Crippen molar-refractivity contribution in [3.63, 3.8) is 0 Å². The van der Waals surface area contributed by atoms with Crippen molar-refractivity contribution >= 4 is 9.84 Å². The van der Waals surface area contributed by atoms with E-state index < -0.39 is 39.9 Å². The highest BCUT2D eigenvalue weighted by molar-refractivity contribution is 7.92. The summed E-state index contributed by atoms with van der Waals surface area (Å²) >= 11 is 0. The van der Waals surface area contributed by atoms with Crippen molar-refractivity contribution in [1.82, 2.24) is 0 Å². The Morgan fingerprint density at radius 3 is 2.09 bits per heavy atom. The minimum Gasteiger partial charge on any atom is -0.251 e. The fourth-order valence-electron chi connectivity index (χ4n) is 1.03. The molecule has 1 rings (SSSR count). The highest BCUT2D eigenvalue weighted by Crippen LogP contribution is 2.30. The van der Waals surface area contributed by atoms with Gasteiger partial charge in [-0.25, -0.2) is 17.2 Å². The van der Waals surface area contributed by atoms with Gasteiger partial charge in [0.25, 0.3) is 0 Å². The van der Waals surface area contributed by atoms with Gasteiger partial charge in [0.05, 0.1) is 18.3 Å². The van der Waals surface area contributed by atoms with E-state index >= 15 is 0 Å². The zero-order chi connectivity index (χ0) is 8.65. The topological polar surface area (TPSA) is 34.1 Å². The molecule has 1 fully saturated rings. The van der Waals surface area contributed by atoms with E-state index in [0.29, 0.717) is 0 Å². The predicted octanol–water partition coefficient (Wildman–Crippen LogP) is 0.634. The number of sulfone groups is 1. The molecule has 3 unspecified atom stereocenters. The molecule has 2 nitrogen and oxygen atoms in total. The highest BCUT2D eigenvalue weighted by Gasteiger charge is 2.48. The fraction of sp³-hybridized carbons (Fsp3) is 1.00. The SMILES string of the molecule is O=S1(=O)CC(F)C(CF)C1F. The Balaban J connectivity index is 2.88. The quantitative estimate of drug-likeness (QED) is 0.605. The van der Waals surface area contributed by atoms with Crippen molar-refractivity contribution in [2.75, 3.05) is 12.4 Å². The van der Waals surface area contributed by atoms with Crippen molar-refractivity contribution in [3.8, 4) is 0 Å². The molecule has 0 saturated carbocycles. The second-order valence-electron chi connectivity index (χ2n) is 2.51. The maximum atomic E-state index is 12.5. The Hall–Kier alpha value is -0.260. The van der Waals surface area contributed by atoms with Crippen LogP contribution in [-0.4, -0.2) is 32.5 Å². The molecule has 0 aliphatic carbocycles. The molecule has 11 heavy (non-hydrogen) atoms. The maximum absolute atomic E-state index is 12.5. The normalized spacial score (nSPS) is 42.6. The lowest BCUT2D eigenvalue weighted by atomic mass is 10.1. The summed E-state index contributed by atoms with van der Waals surface area (Å²) in [5.41, 5.74) is -2.36. The van der Waals surface area contributed by atoms with Gasteiger partial charge >= 0.3 is 0 Å². The van der Waals surface area contributed by atoms with Crippen LogP contribution in [0, 0.1) is 5.92 Å². The van der Waals surface area contributed by atoms with Crippen LogP contribution >= 0.6 is 0 Å². The Bertz CT molecular complexity index is 238. The molecular formula is C5H7F3O2S. The molecule has 0 amide bonds. The van der Waals surface area contributed by atoms with E-state index in [4.69, 9.17) is 0 Å². The molecule has 6 heteroatoms. The van der Waals surface area contributed by atoms with Gasteiger partial charge < -0.3 is 0 Å². The van der Waals surface area contributed by atoms with Crippen molar-refractivity contribution in [1.29, 1.82) is 0 Å². The number of hydrogen-bond donors (Lipinski definition) is 0. The lowest BCUT2D eigenvalue weighted by Gasteiger charge is -2.06. The van der Waals surface area contributed by atoms with Crippen LogP contribution in [0.5, 0.6) is 0 Å². The van der Waals surface area contributed by atoms with E-state index in [2.05, 4.69) is 0 Å². The molecule has 1 aliphatic heterocycles. The Morgan fingerprint density at radius 2 is 1.91 bits per heavy atom. The molecule has 0 radical (unpaired) electrons. The average molecular weight is 188 g/mol. The number of hydrogen-bond acceptors (Lipinski definition) is 2. The van der Waals surface area contributed by atoms with E-state index in [1.807, 2.05) is 0 Å². The lowest BCUT2D eigenvalue weighted by Crippen LogP contribution is -2.21. The minimum atomic E-state index is -4.02. The van der Waals surface area contributed by atoms with Crippen molar-refractivity contribution in [2.45, 2.75) is 11.7 Å². The molecule has 0 aromatic rings. The largest absolute Gasteiger partial charge is 0.251 e. The highest BCUT2D eigenvalue weighted by atomic mass is 32.2. The van der Waals surface area contributed by atoms with Gasteiger partial charge in [0.1, 0.15) is 6.17 Å². The van der Waals surface area contributed by atoms with Crippen LogP contribution < -0.4 is 0 Å². The molecule has 1 heterocycles. The molecule has 3 atom stereocenters. The third-order valence-corrected chi connectivity index (χ3v) is 3.53. The van der Waals surface area contributed by atoms with Crippen molar-refractivity contribution in [3.05, 3.63) is 0 Å². The van der Waals surface area contributed by atoms with Gasteiger partial charge in [-0.1, -0.05) is 0 Å². The Kier molecular flexibility index (Phi) is 2.13. The van der Waals surface area contributed by atoms with Gasteiger partial charge in [-0.15, -0.1) is 0 Å². The van der Waals surface area contributed by atoms with E-state index in [9.17, 15) is 21.6 Å². The van der Waals surface area contributed by atoms with Crippen LogP contribution in [0.15, 0.2) is 0 Å². The first-order valence-corrected chi connectivity index (χ1v) is 4.76. The zero-order valence-corrected chi connectivity index (χ0v) is 6.32. The first-order chi connectivity index (χ1) is 4.99. The number of alkyl halides is 3. The number of halogens is 3. The summed E-state index contributed by atoms with van der Waals surface area (Å²) in [4.78, 5) is 0.